The molecule has 29 heavy (non-hydrogen) atoms. The fraction of sp³-hybridized carbons (Fsp3) is 0.391. The van der Waals surface area contributed by atoms with Crippen LogP contribution in [-0.2, 0) is 16.1 Å². The average molecular weight is 413 g/mol. The van der Waals surface area contributed by atoms with Crippen molar-refractivity contribution in [3.8, 4) is 0 Å². The smallest absolute Gasteiger partial charge is 0.234 e. The highest BCUT2D eigenvalue weighted by atomic mass is 32.2. The van der Waals surface area contributed by atoms with Crippen molar-refractivity contribution in [1.82, 2.24) is 4.90 Å². The third-order valence-electron chi connectivity index (χ3n) is 5.23. The Balaban J connectivity index is 1.35. The highest BCUT2D eigenvalue weighted by Gasteiger charge is 2.23. The van der Waals surface area contributed by atoms with Gasteiger partial charge in [0.2, 0.25) is 11.8 Å². The van der Waals surface area contributed by atoms with Crippen molar-refractivity contribution < 1.29 is 14.5 Å². The number of carbonyl (C=O) groups is 2. The summed E-state index contributed by atoms with van der Waals surface area (Å²) >= 11 is 1.38. The van der Waals surface area contributed by atoms with Gasteiger partial charge in [0.25, 0.3) is 0 Å². The number of quaternary nitrogens is 1. The van der Waals surface area contributed by atoms with Crippen molar-refractivity contribution in [2.75, 3.05) is 43.0 Å². The molecule has 1 heterocycles. The Morgan fingerprint density at radius 3 is 2.45 bits per heavy atom. The minimum Gasteiger partial charge on any atom is -0.331 e. The molecule has 3 rings (SSSR count). The molecule has 0 bridgehead atoms. The Morgan fingerprint density at radius 2 is 1.76 bits per heavy atom. The number of nitrogens with one attached hydrogen (secondary N) is 2. The van der Waals surface area contributed by atoms with Gasteiger partial charge in [-0.05, 0) is 25.5 Å². The molecule has 0 aliphatic carbocycles. The van der Waals surface area contributed by atoms with Crippen molar-refractivity contribution in [2.24, 2.45) is 0 Å². The molecule has 1 aliphatic heterocycles. The van der Waals surface area contributed by atoms with Gasteiger partial charge in [0.1, 0.15) is 6.54 Å². The highest BCUT2D eigenvalue weighted by Crippen LogP contribution is 2.16. The number of hydrogen-bond acceptors (Lipinski definition) is 3. The van der Waals surface area contributed by atoms with Gasteiger partial charge in [-0.1, -0.05) is 48.0 Å². The number of anilines is 1. The Kier molecular flexibility index (Phi) is 7.72. The van der Waals surface area contributed by atoms with Crippen molar-refractivity contribution in [3.63, 3.8) is 0 Å². The van der Waals surface area contributed by atoms with Crippen molar-refractivity contribution >= 4 is 29.3 Å². The number of nitrogens with zero attached hydrogens (tertiary/aromatic N) is 1. The van der Waals surface area contributed by atoms with Crippen molar-refractivity contribution in [2.45, 2.75) is 20.4 Å². The molecule has 2 amide bonds. The van der Waals surface area contributed by atoms with Gasteiger partial charge in [0.15, 0.2) is 0 Å². The van der Waals surface area contributed by atoms with E-state index in [9.17, 15) is 9.59 Å². The lowest BCUT2D eigenvalue weighted by Gasteiger charge is -2.32. The molecule has 0 aromatic heterocycles. The molecule has 1 aliphatic rings. The molecular weight excluding hydrogens is 382 g/mol. The summed E-state index contributed by atoms with van der Waals surface area (Å²) in [5.41, 5.74) is 4.40. The summed E-state index contributed by atoms with van der Waals surface area (Å²) in [6.45, 7) is 8.54. The average Bonchev–Trinajstić information content (AvgIpc) is 2.71. The van der Waals surface area contributed by atoms with Gasteiger partial charge in [-0.3, -0.25) is 9.59 Å². The summed E-state index contributed by atoms with van der Waals surface area (Å²) in [5.74, 6) is 0.715. The quantitative estimate of drug-likeness (QED) is 0.730. The van der Waals surface area contributed by atoms with Crippen LogP contribution in [-0.4, -0.2) is 54.4 Å². The molecule has 0 unspecified atom stereocenters. The molecule has 2 aromatic rings. The highest BCUT2D eigenvalue weighted by molar-refractivity contribution is 8.00. The molecule has 1 fully saturated rings. The predicted molar refractivity (Wildman–Crippen MR) is 119 cm³/mol. The third-order valence-corrected chi connectivity index (χ3v) is 6.15. The lowest BCUT2D eigenvalue weighted by atomic mass is 10.1. The summed E-state index contributed by atoms with van der Waals surface area (Å²) in [6.07, 6.45) is 0. The van der Waals surface area contributed by atoms with E-state index in [1.165, 1.54) is 27.8 Å². The van der Waals surface area contributed by atoms with Crippen LogP contribution >= 0.6 is 11.8 Å². The largest absolute Gasteiger partial charge is 0.331 e. The minimum absolute atomic E-state index is 0.0631. The van der Waals surface area contributed by atoms with Crippen LogP contribution in [0.4, 0.5) is 5.69 Å². The molecule has 5 nitrogen and oxygen atoms in total. The topological polar surface area (TPSA) is 53.9 Å². The van der Waals surface area contributed by atoms with Crippen LogP contribution in [0.3, 0.4) is 0 Å². The zero-order valence-electron chi connectivity index (χ0n) is 17.2. The van der Waals surface area contributed by atoms with Crippen LogP contribution in [0.25, 0.3) is 0 Å². The summed E-state index contributed by atoms with van der Waals surface area (Å²) in [6, 6.07) is 16.5. The van der Waals surface area contributed by atoms with E-state index in [-0.39, 0.29) is 17.6 Å². The van der Waals surface area contributed by atoms with Crippen LogP contribution in [0.2, 0.25) is 0 Å². The molecule has 0 radical (unpaired) electrons. The Hall–Kier alpha value is -2.31. The fourth-order valence-corrected chi connectivity index (χ4v) is 4.31. The first-order valence-electron chi connectivity index (χ1n) is 10.1. The van der Waals surface area contributed by atoms with E-state index in [0.717, 1.165) is 44.0 Å². The zero-order valence-corrected chi connectivity index (χ0v) is 18.1. The first-order valence-corrected chi connectivity index (χ1v) is 11.3. The van der Waals surface area contributed by atoms with Gasteiger partial charge in [-0.25, -0.2) is 0 Å². The molecule has 2 N–H and O–H groups in total. The monoisotopic (exact) mass is 412 g/mol. The first-order chi connectivity index (χ1) is 14.0. The number of hydrogen-bond donors (Lipinski definition) is 2. The molecule has 0 saturated carbocycles. The standard InChI is InChI=1S/C23H29N3O2S/c1-18-8-9-21(19(2)14-18)24-22(27)16-29-17-23(28)26-12-10-25(11-13-26)15-20-6-4-3-5-7-20/h3-9,14H,10-13,15-17H2,1-2H3,(H,24,27)/p+1. The van der Waals surface area contributed by atoms with Gasteiger partial charge in [-0.2, -0.15) is 0 Å². The lowest BCUT2D eigenvalue weighted by Crippen LogP contribution is -3.13. The maximum atomic E-state index is 12.5. The predicted octanol–water partition coefficient (Wildman–Crippen LogP) is 1.90. The van der Waals surface area contributed by atoms with E-state index < -0.39 is 0 Å². The van der Waals surface area contributed by atoms with E-state index in [0.29, 0.717) is 5.75 Å². The molecule has 0 spiro atoms. The van der Waals surface area contributed by atoms with Crippen molar-refractivity contribution in [1.29, 1.82) is 0 Å². The van der Waals surface area contributed by atoms with E-state index in [1.54, 1.807) is 0 Å². The summed E-state index contributed by atoms with van der Waals surface area (Å²) in [5, 5.41) is 2.93. The number of piperazine rings is 1. The van der Waals surface area contributed by atoms with Gasteiger partial charge in [-0.15, -0.1) is 11.8 Å². The normalized spacial score (nSPS) is 14.6. The van der Waals surface area contributed by atoms with Crippen molar-refractivity contribution in [3.05, 3.63) is 65.2 Å². The zero-order chi connectivity index (χ0) is 20.6. The first kappa shape index (κ1) is 21.4. The van der Waals surface area contributed by atoms with E-state index >= 15 is 0 Å². The summed E-state index contributed by atoms with van der Waals surface area (Å²) < 4.78 is 0. The number of amides is 2. The SMILES string of the molecule is Cc1ccc(NC(=O)CSCC(=O)N2CC[NH+](Cc3ccccc3)CC2)c(C)c1. The summed E-state index contributed by atoms with van der Waals surface area (Å²) in [4.78, 5) is 28.1. The van der Waals surface area contributed by atoms with Crippen LogP contribution in [0.15, 0.2) is 48.5 Å². The van der Waals surface area contributed by atoms with Gasteiger partial charge < -0.3 is 15.1 Å². The minimum atomic E-state index is -0.0631. The number of thioether (sulfide) groups is 1. The molecule has 0 atom stereocenters. The summed E-state index contributed by atoms with van der Waals surface area (Å²) in [7, 11) is 0. The van der Waals surface area contributed by atoms with E-state index in [2.05, 4.69) is 29.6 Å². The van der Waals surface area contributed by atoms with Crippen LogP contribution in [0.5, 0.6) is 0 Å². The Bertz CT molecular complexity index is 833. The molecule has 1 saturated heterocycles. The fourth-order valence-electron chi connectivity index (χ4n) is 3.60. The molecular formula is C23H30N3O2S+. The Morgan fingerprint density at radius 1 is 1.03 bits per heavy atom. The number of benzene rings is 2. The van der Waals surface area contributed by atoms with Crippen LogP contribution in [0.1, 0.15) is 16.7 Å². The van der Waals surface area contributed by atoms with E-state index in [1.807, 2.05) is 43.0 Å². The maximum Gasteiger partial charge on any atom is 0.234 e. The van der Waals surface area contributed by atoms with E-state index in [4.69, 9.17) is 0 Å². The van der Waals surface area contributed by atoms with Crippen LogP contribution in [0, 0.1) is 13.8 Å². The number of aryl methyl sites for hydroxylation is 2. The van der Waals surface area contributed by atoms with Gasteiger partial charge in [0, 0.05) is 11.3 Å². The molecule has 2 aromatic carbocycles. The molecule has 154 valence electrons. The Labute approximate surface area is 177 Å². The number of carbonyl (C=O) groups excluding carboxylic acids is 2. The lowest BCUT2D eigenvalue weighted by molar-refractivity contribution is -0.917. The van der Waals surface area contributed by atoms with Gasteiger partial charge in [0.05, 0.1) is 37.7 Å². The molecule has 6 heteroatoms. The third kappa shape index (κ3) is 6.61. The van der Waals surface area contributed by atoms with Crippen LogP contribution < -0.4 is 10.2 Å². The second-order valence-electron chi connectivity index (χ2n) is 7.65. The van der Waals surface area contributed by atoms with Gasteiger partial charge >= 0.3 is 0 Å². The second kappa shape index (κ2) is 10.5. The number of rotatable bonds is 7. The maximum absolute atomic E-state index is 12.5. The second-order valence-corrected chi connectivity index (χ2v) is 8.64.